The summed E-state index contributed by atoms with van der Waals surface area (Å²) in [6.07, 6.45) is 1.26. The van der Waals surface area contributed by atoms with Crippen LogP contribution in [0.15, 0.2) is 48.5 Å². The van der Waals surface area contributed by atoms with E-state index in [0.717, 1.165) is 16.9 Å². The fourth-order valence-electron chi connectivity index (χ4n) is 3.58. The number of benzene rings is 2. The molecule has 1 aliphatic heterocycles. The first kappa shape index (κ1) is 18.4. The monoisotopic (exact) mass is 357 g/mol. The second-order valence-corrected chi connectivity index (χ2v) is 6.60. The minimum absolute atomic E-state index is 0.0268. The second kappa shape index (κ2) is 8.32. The molecule has 1 atom stereocenters. The normalized spacial score (nSPS) is 17.0. The van der Waals surface area contributed by atoms with Crippen molar-refractivity contribution in [3.63, 3.8) is 0 Å². The van der Waals surface area contributed by atoms with Crippen LogP contribution >= 0.6 is 0 Å². The van der Waals surface area contributed by atoms with Gasteiger partial charge >= 0.3 is 5.97 Å². The number of rotatable bonds is 6. The average Bonchev–Trinajstić information content (AvgIpc) is 2.65. The Morgan fingerprint density at radius 3 is 2.15 bits per heavy atom. The van der Waals surface area contributed by atoms with Crippen LogP contribution < -0.4 is 4.74 Å². The summed E-state index contributed by atoms with van der Waals surface area (Å²) >= 11 is 0. The molecular weight excluding hydrogens is 333 g/mol. The fraction of sp³-hybridized carbons (Fsp3) is 0.381. The smallest absolute Gasteiger partial charge is 0.306 e. The standard InChI is InChI=1S/C21H24FNO3/c1-2-26-19-9-5-16(6-10-19)20(15-3-7-18(22)8-4-15)23-13-11-17(12-14-23)21(24)25/h3-10,17,20H,2,11-14H2,1H3,(H,24,25). The highest BCUT2D eigenvalue weighted by molar-refractivity contribution is 5.70. The van der Waals surface area contributed by atoms with Crippen molar-refractivity contribution in [3.8, 4) is 5.75 Å². The quantitative estimate of drug-likeness (QED) is 0.845. The van der Waals surface area contributed by atoms with Gasteiger partial charge in [-0.2, -0.15) is 0 Å². The van der Waals surface area contributed by atoms with Crippen LogP contribution in [-0.2, 0) is 4.79 Å². The van der Waals surface area contributed by atoms with Crippen LogP contribution in [-0.4, -0.2) is 35.7 Å². The Kier molecular flexibility index (Phi) is 5.89. The second-order valence-electron chi connectivity index (χ2n) is 6.60. The maximum atomic E-state index is 13.4. The van der Waals surface area contributed by atoms with Crippen molar-refractivity contribution < 1.29 is 19.0 Å². The van der Waals surface area contributed by atoms with Gasteiger partial charge in [0.25, 0.3) is 0 Å². The van der Waals surface area contributed by atoms with Crippen LogP contribution in [0.25, 0.3) is 0 Å². The molecule has 0 radical (unpaired) electrons. The summed E-state index contributed by atoms with van der Waals surface area (Å²) in [6.45, 7) is 3.96. The van der Waals surface area contributed by atoms with E-state index in [2.05, 4.69) is 4.90 Å². The summed E-state index contributed by atoms with van der Waals surface area (Å²) in [5.74, 6) is -0.438. The topological polar surface area (TPSA) is 49.8 Å². The van der Waals surface area contributed by atoms with Crippen LogP contribution in [0.4, 0.5) is 4.39 Å². The lowest BCUT2D eigenvalue weighted by atomic mass is 9.91. The Hall–Kier alpha value is -2.40. The van der Waals surface area contributed by atoms with Crippen molar-refractivity contribution in [3.05, 3.63) is 65.5 Å². The minimum Gasteiger partial charge on any atom is -0.494 e. The minimum atomic E-state index is -0.718. The van der Waals surface area contributed by atoms with Gasteiger partial charge in [-0.3, -0.25) is 9.69 Å². The maximum absolute atomic E-state index is 13.4. The van der Waals surface area contributed by atoms with E-state index < -0.39 is 5.97 Å². The van der Waals surface area contributed by atoms with Gasteiger partial charge < -0.3 is 9.84 Å². The number of likely N-dealkylation sites (tertiary alicyclic amines) is 1. The van der Waals surface area contributed by atoms with E-state index in [1.54, 1.807) is 12.1 Å². The van der Waals surface area contributed by atoms with Gasteiger partial charge in [-0.05, 0) is 68.2 Å². The number of ether oxygens (including phenoxy) is 1. The average molecular weight is 357 g/mol. The highest BCUT2D eigenvalue weighted by Crippen LogP contribution is 2.33. The van der Waals surface area contributed by atoms with Crippen molar-refractivity contribution in [2.75, 3.05) is 19.7 Å². The maximum Gasteiger partial charge on any atom is 0.306 e. The summed E-state index contributed by atoms with van der Waals surface area (Å²) in [5, 5.41) is 9.23. The molecule has 0 aliphatic carbocycles. The van der Waals surface area contributed by atoms with Crippen LogP contribution in [0.3, 0.4) is 0 Å². The molecule has 0 spiro atoms. The molecule has 2 aromatic rings. The van der Waals surface area contributed by atoms with Crippen LogP contribution in [0.2, 0.25) is 0 Å². The molecule has 3 rings (SSSR count). The number of carboxylic acids is 1. The van der Waals surface area contributed by atoms with Gasteiger partial charge in [0.2, 0.25) is 0 Å². The van der Waals surface area contributed by atoms with Gasteiger partial charge in [0.1, 0.15) is 11.6 Å². The first-order chi connectivity index (χ1) is 12.6. The van der Waals surface area contributed by atoms with Crippen molar-refractivity contribution in [2.24, 2.45) is 5.92 Å². The van der Waals surface area contributed by atoms with Crippen molar-refractivity contribution in [2.45, 2.75) is 25.8 Å². The molecule has 1 heterocycles. The van der Waals surface area contributed by atoms with Crippen molar-refractivity contribution in [1.29, 1.82) is 0 Å². The van der Waals surface area contributed by atoms with E-state index in [1.807, 2.05) is 31.2 Å². The zero-order valence-corrected chi connectivity index (χ0v) is 14.9. The molecule has 0 aromatic heterocycles. The van der Waals surface area contributed by atoms with Gasteiger partial charge in [-0.15, -0.1) is 0 Å². The number of piperidine rings is 1. The number of halogens is 1. The largest absolute Gasteiger partial charge is 0.494 e. The van der Waals surface area contributed by atoms with E-state index in [0.29, 0.717) is 32.5 Å². The first-order valence-electron chi connectivity index (χ1n) is 9.03. The van der Waals surface area contributed by atoms with Gasteiger partial charge in [0.15, 0.2) is 0 Å². The number of hydrogen-bond acceptors (Lipinski definition) is 3. The van der Waals surface area contributed by atoms with E-state index in [9.17, 15) is 14.3 Å². The first-order valence-corrected chi connectivity index (χ1v) is 9.03. The number of nitrogens with zero attached hydrogens (tertiary/aromatic N) is 1. The molecule has 0 amide bonds. The summed E-state index contributed by atoms with van der Waals surface area (Å²) < 4.78 is 18.9. The molecule has 1 N–H and O–H groups in total. The Labute approximate surface area is 153 Å². The highest BCUT2D eigenvalue weighted by Gasteiger charge is 2.30. The molecule has 2 aromatic carbocycles. The lowest BCUT2D eigenvalue weighted by molar-refractivity contribution is -0.143. The summed E-state index contributed by atoms with van der Waals surface area (Å²) in [5.41, 5.74) is 2.10. The molecule has 26 heavy (non-hydrogen) atoms. The molecule has 0 saturated carbocycles. The third kappa shape index (κ3) is 4.22. The van der Waals surface area contributed by atoms with Gasteiger partial charge in [-0.25, -0.2) is 4.39 Å². The third-order valence-corrected chi connectivity index (χ3v) is 4.94. The predicted octanol–water partition coefficient (Wildman–Crippen LogP) is 4.11. The lowest BCUT2D eigenvalue weighted by Crippen LogP contribution is -2.39. The van der Waals surface area contributed by atoms with Crippen molar-refractivity contribution in [1.82, 2.24) is 4.90 Å². The van der Waals surface area contributed by atoms with Crippen molar-refractivity contribution >= 4 is 5.97 Å². The third-order valence-electron chi connectivity index (χ3n) is 4.94. The Bertz CT molecular complexity index is 722. The Morgan fingerprint density at radius 1 is 1.12 bits per heavy atom. The van der Waals surface area contributed by atoms with E-state index in [4.69, 9.17) is 4.74 Å². The number of carboxylic acid groups (broad SMARTS) is 1. The van der Waals surface area contributed by atoms with Crippen LogP contribution in [0, 0.1) is 11.7 Å². The molecule has 138 valence electrons. The predicted molar refractivity (Wildman–Crippen MR) is 97.8 cm³/mol. The van der Waals surface area contributed by atoms with Gasteiger partial charge in [0.05, 0.1) is 18.6 Å². The van der Waals surface area contributed by atoms with Crippen LogP contribution in [0.1, 0.15) is 36.9 Å². The molecule has 1 fully saturated rings. The van der Waals surface area contributed by atoms with Gasteiger partial charge in [-0.1, -0.05) is 24.3 Å². The van der Waals surface area contributed by atoms with Crippen LogP contribution in [0.5, 0.6) is 5.75 Å². The molecule has 4 nitrogen and oxygen atoms in total. The fourth-order valence-corrected chi connectivity index (χ4v) is 3.58. The summed E-state index contributed by atoms with van der Waals surface area (Å²) in [6, 6.07) is 14.5. The SMILES string of the molecule is CCOc1ccc(C(c2ccc(F)cc2)N2CCC(C(=O)O)CC2)cc1. The Morgan fingerprint density at radius 2 is 1.65 bits per heavy atom. The molecular formula is C21H24FNO3. The zero-order valence-electron chi connectivity index (χ0n) is 14.9. The van der Waals surface area contributed by atoms with E-state index in [-0.39, 0.29) is 17.8 Å². The zero-order chi connectivity index (χ0) is 18.5. The Balaban J connectivity index is 1.87. The number of hydrogen-bond donors (Lipinski definition) is 1. The molecule has 5 heteroatoms. The molecule has 1 saturated heterocycles. The van der Waals surface area contributed by atoms with Gasteiger partial charge in [0, 0.05) is 0 Å². The van der Waals surface area contributed by atoms with E-state index in [1.165, 1.54) is 12.1 Å². The summed E-state index contributed by atoms with van der Waals surface area (Å²) in [4.78, 5) is 13.5. The van der Waals surface area contributed by atoms with E-state index >= 15 is 0 Å². The molecule has 1 aliphatic rings. The number of aliphatic carboxylic acids is 1. The number of carbonyl (C=O) groups is 1. The molecule has 1 unspecified atom stereocenters. The molecule has 0 bridgehead atoms. The highest BCUT2D eigenvalue weighted by atomic mass is 19.1. The lowest BCUT2D eigenvalue weighted by Gasteiger charge is -2.37. The summed E-state index contributed by atoms with van der Waals surface area (Å²) in [7, 11) is 0.